The molecule has 4 nitrogen and oxygen atoms in total. The third-order valence-corrected chi connectivity index (χ3v) is 5.29. The standard InChI is InChI=1S/C18H17Cl2N3OS/c1-18(5-6-25-17(21)23-18)12-3-2-4-15(9-12)22-16(24)11-7-13(19)10-14(20)8-11/h2-4,7-10H,5-6H2,1H3,(H2,21,23)(H,22,24). The Morgan fingerprint density at radius 3 is 2.64 bits per heavy atom. The van der Waals surface area contributed by atoms with Crippen molar-refractivity contribution in [1.29, 1.82) is 0 Å². The lowest BCUT2D eigenvalue weighted by molar-refractivity contribution is 0.102. The summed E-state index contributed by atoms with van der Waals surface area (Å²) in [6, 6.07) is 12.4. The Morgan fingerprint density at radius 2 is 1.96 bits per heavy atom. The molecule has 25 heavy (non-hydrogen) atoms. The molecule has 0 radical (unpaired) electrons. The summed E-state index contributed by atoms with van der Waals surface area (Å²) in [6.45, 7) is 2.05. The minimum Gasteiger partial charge on any atom is -0.379 e. The van der Waals surface area contributed by atoms with Crippen LogP contribution in [0.2, 0.25) is 10.0 Å². The Kier molecular flexibility index (Phi) is 5.27. The molecular formula is C18H17Cl2N3OS. The van der Waals surface area contributed by atoms with Crippen LogP contribution in [0.5, 0.6) is 0 Å². The zero-order valence-corrected chi connectivity index (χ0v) is 15.9. The van der Waals surface area contributed by atoms with Gasteiger partial charge in [0.15, 0.2) is 5.17 Å². The van der Waals surface area contributed by atoms with Crippen molar-refractivity contribution in [2.45, 2.75) is 18.9 Å². The van der Waals surface area contributed by atoms with Gasteiger partial charge in [-0.3, -0.25) is 9.79 Å². The van der Waals surface area contributed by atoms with E-state index in [0.717, 1.165) is 17.7 Å². The van der Waals surface area contributed by atoms with E-state index in [9.17, 15) is 4.79 Å². The van der Waals surface area contributed by atoms with Crippen LogP contribution in [-0.4, -0.2) is 16.8 Å². The Labute approximate surface area is 160 Å². The van der Waals surface area contributed by atoms with Crippen LogP contribution >= 0.6 is 35.0 Å². The van der Waals surface area contributed by atoms with Crippen LogP contribution in [0.15, 0.2) is 47.5 Å². The highest BCUT2D eigenvalue weighted by Gasteiger charge is 2.29. The molecular weight excluding hydrogens is 377 g/mol. The minimum absolute atomic E-state index is 0.270. The van der Waals surface area contributed by atoms with Gasteiger partial charge in [0.2, 0.25) is 0 Å². The quantitative estimate of drug-likeness (QED) is 0.777. The average Bonchev–Trinajstić information content (AvgIpc) is 2.54. The number of carbonyl (C=O) groups excluding carboxylic acids is 1. The molecule has 1 amide bonds. The summed E-state index contributed by atoms with van der Waals surface area (Å²) < 4.78 is 0. The van der Waals surface area contributed by atoms with E-state index >= 15 is 0 Å². The number of aliphatic imine (C=N–C) groups is 1. The maximum Gasteiger partial charge on any atom is 0.255 e. The van der Waals surface area contributed by atoms with E-state index in [1.54, 1.807) is 30.0 Å². The molecule has 0 aromatic heterocycles. The molecule has 3 N–H and O–H groups in total. The highest BCUT2D eigenvalue weighted by Crippen LogP contribution is 2.36. The summed E-state index contributed by atoms with van der Waals surface area (Å²) in [5.74, 6) is 0.651. The number of rotatable bonds is 3. The number of benzene rings is 2. The number of nitrogens with one attached hydrogen (secondary N) is 1. The highest BCUT2D eigenvalue weighted by molar-refractivity contribution is 8.13. The molecule has 0 aliphatic carbocycles. The lowest BCUT2D eigenvalue weighted by atomic mass is 9.89. The third kappa shape index (κ3) is 4.29. The summed E-state index contributed by atoms with van der Waals surface area (Å²) in [6.07, 6.45) is 0.889. The smallest absolute Gasteiger partial charge is 0.255 e. The number of hydrogen-bond acceptors (Lipinski definition) is 4. The Morgan fingerprint density at radius 1 is 1.24 bits per heavy atom. The summed E-state index contributed by atoms with van der Waals surface area (Å²) in [5.41, 5.74) is 7.62. The van der Waals surface area contributed by atoms with Gasteiger partial charge in [-0.25, -0.2) is 0 Å². The van der Waals surface area contributed by atoms with E-state index < -0.39 is 0 Å². The molecule has 2 aromatic rings. The maximum absolute atomic E-state index is 12.5. The van der Waals surface area contributed by atoms with Crippen molar-refractivity contribution >= 4 is 51.7 Å². The summed E-state index contributed by atoms with van der Waals surface area (Å²) in [7, 11) is 0. The van der Waals surface area contributed by atoms with Gasteiger partial charge in [-0.1, -0.05) is 47.1 Å². The van der Waals surface area contributed by atoms with Crippen molar-refractivity contribution < 1.29 is 4.79 Å². The molecule has 0 spiro atoms. The van der Waals surface area contributed by atoms with Crippen LogP contribution in [0.4, 0.5) is 5.69 Å². The van der Waals surface area contributed by atoms with E-state index in [-0.39, 0.29) is 11.4 Å². The first-order valence-corrected chi connectivity index (χ1v) is 9.46. The number of hydrogen-bond donors (Lipinski definition) is 2. The predicted molar refractivity (Wildman–Crippen MR) is 107 cm³/mol. The monoisotopic (exact) mass is 393 g/mol. The zero-order valence-electron chi connectivity index (χ0n) is 13.6. The number of amides is 1. The molecule has 1 atom stereocenters. The van der Waals surface area contributed by atoms with Gasteiger partial charge in [0.05, 0.1) is 5.54 Å². The number of nitrogens with zero attached hydrogens (tertiary/aromatic N) is 1. The van der Waals surface area contributed by atoms with Gasteiger partial charge in [0, 0.05) is 27.0 Å². The van der Waals surface area contributed by atoms with Crippen LogP contribution in [0, 0.1) is 0 Å². The number of amidine groups is 1. The maximum atomic E-state index is 12.5. The second-order valence-electron chi connectivity index (χ2n) is 6.02. The number of carbonyl (C=O) groups is 1. The topological polar surface area (TPSA) is 67.5 Å². The van der Waals surface area contributed by atoms with Gasteiger partial charge in [-0.2, -0.15) is 0 Å². The van der Waals surface area contributed by atoms with Crippen molar-refractivity contribution in [2.24, 2.45) is 10.7 Å². The van der Waals surface area contributed by atoms with Crippen molar-refractivity contribution in [3.63, 3.8) is 0 Å². The normalized spacial score (nSPS) is 20.0. The predicted octanol–water partition coefficient (Wildman–Crippen LogP) is 4.91. The summed E-state index contributed by atoms with van der Waals surface area (Å²) in [4.78, 5) is 17.1. The molecule has 0 saturated heterocycles. The van der Waals surface area contributed by atoms with E-state index in [4.69, 9.17) is 28.9 Å². The fourth-order valence-corrected chi connectivity index (χ4v) is 4.22. The van der Waals surface area contributed by atoms with Gasteiger partial charge < -0.3 is 11.1 Å². The van der Waals surface area contributed by atoms with Crippen molar-refractivity contribution in [3.05, 3.63) is 63.6 Å². The molecule has 1 unspecified atom stereocenters. The number of thioether (sulfide) groups is 1. The fraction of sp³-hybridized carbons (Fsp3) is 0.222. The van der Waals surface area contributed by atoms with E-state index in [1.165, 1.54) is 0 Å². The SMILES string of the molecule is CC1(c2cccc(NC(=O)c3cc(Cl)cc(Cl)c3)c2)CCSC(N)=N1. The van der Waals surface area contributed by atoms with Crippen molar-refractivity contribution in [2.75, 3.05) is 11.1 Å². The first-order chi connectivity index (χ1) is 11.9. The number of nitrogens with two attached hydrogens (primary N) is 1. The summed E-state index contributed by atoms with van der Waals surface area (Å²) in [5, 5.41) is 4.31. The molecule has 7 heteroatoms. The lowest BCUT2D eigenvalue weighted by Crippen LogP contribution is -2.28. The van der Waals surface area contributed by atoms with Gasteiger partial charge in [-0.15, -0.1) is 0 Å². The number of halogens is 2. The minimum atomic E-state index is -0.380. The van der Waals surface area contributed by atoms with E-state index in [2.05, 4.69) is 17.2 Å². The van der Waals surface area contributed by atoms with Crippen LogP contribution in [0.1, 0.15) is 29.3 Å². The Bertz CT molecular complexity index is 836. The zero-order chi connectivity index (χ0) is 18.0. The lowest BCUT2D eigenvalue weighted by Gasteiger charge is -2.30. The largest absolute Gasteiger partial charge is 0.379 e. The van der Waals surface area contributed by atoms with Crippen molar-refractivity contribution in [1.82, 2.24) is 0 Å². The van der Waals surface area contributed by atoms with E-state index in [0.29, 0.717) is 26.5 Å². The summed E-state index contributed by atoms with van der Waals surface area (Å²) >= 11 is 13.5. The molecule has 3 rings (SSSR count). The van der Waals surface area contributed by atoms with Gasteiger partial charge in [0.1, 0.15) is 0 Å². The van der Waals surface area contributed by atoms with Gasteiger partial charge >= 0.3 is 0 Å². The third-order valence-electron chi connectivity index (χ3n) is 4.06. The second kappa shape index (κ2) is 7.28. The molecule has 0 saturated carbocycles. The molecule has 2 aromatic carbocycles. The molecule has 0 bridgehead atoms. The Hall–Kier alpha value is -1.69. The van der Waals surface area contributed by atoms with Gasteiger partial charge in [0.25, 0.3) is 5.91 Å². The number of anilines is 1. The second-order valence-corrected chi connectivity index (χ2v) is 8.00. The van der Waals surface area contributed by atoms with Gasteiger partial charge in [-0.05, 0) is 49.2 Å². The molecule has 1 aliphatic heterocycles. The highest BCUT2D eigenvalue weighted by atomic mass is 35.5. The van der Waals surface area contributed by atoms with Crippen LogP contribution in [0.3, 0.4) is 0 Å². The fourth-order valence-electron chi connectivity index (χ4n) is 2.71. The van der Waals surface area contributed by atoms with Crippen LogP contribution in [-0.2, 0) is 5.54 Å². The Balaban J connectivity index is 1.84. The average molecular weight is 394 g/mol. The molecule has 1 heterocycles. The van der Waals surface area contributed by atoms with Crippen LogP contribution in [0.25, 0.3) is 0 Å². The molecule has 1 aliphatic rings. The van der Waals surface area contributed by atoms with E-state index in [1.807, 2.05) is 24.3 Å². The van der Waals surface area contributed by atoms with Crippen molar-refractivity contribution in [3.8, 4) is 0 Å². The van der Waals surface area contributed by atoms with Crippen LogP contribution < -0.4 is 11.1 Å². The first kappa shape index (κ1) is 18.1. The molecule has 130 valence electrons. The first-order valence-electron chi connectivity index (χ1n) is 7.72. The molecule has 0 fully saturated rings.